The van der Waals surface area contributed by atoms with Crippen LogP contribution in [0.4, 0.5) is 5.69 Å². The summed E-state index contributed by atoms with van der Waals surface area (Å²) in [6.45, 7) is 0. The molecular formula is C20H21N3O3. The van der Waals surface area contributed by atoms with Gasteiger partial charge in [-0.2, -0.15) is 0 Å². The standard InChI is InChI=1S/C20H21N3O3/c1-26-18(12-5-8-15(24)9-6-12)20(25)21-14-7-10-16-17(11-14)23-19(22-16)13-3-2-4-13/h5-11,13,18,24H,2-4H2,1H3,(H,21,25)(H,22,23). The number of nitrogens with one attached hydrogen (secondary N) is 2. The second kappa shape index (κ2) is 6.80. The summed E-state index contributed by atoms with van der Waals surface area (Å²) in [6.07, 6.45) is 2.88. The number of carbonyl (C=O) groups excluding carboxylic acids is 1. The van der Waals surface area contributed by atoms with Crippen molar-refractivity contribution in [1.82, 2.24) is 9.97 Å². The highest BCUT2D eigenvalue weighted by Gasteiger charge is 2.23. The fourth-order valence-corrected chi connectivity index (χ4v) is 3.23. The highest BCUT2D eigenvalue weighted by molar-refractivity contribution is 5.96. The highest BCUT2D eigenvalue weighted by Crippen LogP contribution is 2.35. The first-order chi connectivity index (χ1) is 12.6. The van der Waals surface area contributed by atoms with Gasteiger partial charge in [0, 0.05) is 18.7 Å². The second-order valence-corrected chi connectivity index (χ2v) is 6.68. The third kappa shape index (κ3) is 3.15. The van der Waals surface area contributed by atoms with Crippen molar-refractivity contribution in [3.05, 3.63) is 53.9 Å². The third-order valence-electron chi connectivity index (χ3n) is 4.93. The minimum Gasteiger partial charge on any atom is -0.508 e. The Morgan fingerprint density at radius 2 is 2.04 bits per heavy atom. The molecule has 1 heterocycles. The number of amides is 1. The van der Waals surface area contributed by atoms with E-state index >= 15 is 0 Å². The Hall–Kier alpha value is -2.86. The van der Waals surface area contributed by atoms with Crippen LogP contribution in [0.25, 0.3) is 11.0 Å². The topological polar surface area (TPSA) is 87.2 Å². The number of ether oxygens (including phenoxy) is 1. The van der Waals surface area contributed by atoms with E-state index < -0.39 is 6.10 Å². The molecule has 0 aliphatic heterocycles. The summed E-state index contributed by atoms with van der Waals surface area (Å²) in [5, 5.41) is 12.3. The maximum atomic E-state index is 12.6. The van der Waals surface area contributed by atoms with E-state index in [1.165, 1.54) is 38.5 Å². The lowest BCUT2D eigenvalue weighted by molar-refractivity contribution is -0.126. The van der Waals surface area contributed by atoms with Gasteiger partial charge in [0.05, 0.1) is 11.0 Å². The maximum absolute atomic E-state index is 12.6. The molecule has 1 fully saturated rings. The summed E-state index contributed by atoms with van der Waals surface area (Å²) in [6, 6.07) is 12.1. The Morgan fingerprint density at radius 1 is 1.27 bits per heavy atom. The van der Waals surface area contributed by atoms with Gasteiger partial charge in [0.15, 0.2) is 6.10 Å². The number of benzene rings is 2. The van der Waals surface area contributed by atoms with Crippen LogP contribution in [0.2, 0.25) is 0 Å². The molecule has 1 atom stereocenters. The van der Waals surface area contributed by atoms with Crippen LogP contribution in [0, 0.1) is 0 Å². The van der Waals surface area contributed by atoms with Crippen molar-refractivity contribution in [2.75, 3.05) is 12.4 Å². The number of H-pyrrole nitrogens is 1. The van der Waals surface area contributed by atoms with Crippen LogP contribution < -0.4 is 5.32 Å². The molecule has 3 N–H and O–H groups in total. The van der Waals surface area contributed by atoms with Crippen molar-refractivity contribution >= 4 is 22.6 Å². The smallest absolute Gasteiger partial charge is 0.258 e. The SMILES string of the molecule is COC(C(=O)Nc1ccc2nc(C3CCC3)[nH]c2c1)c1ccc(O)cc1. The summed E-state index contributed by atoms with van der Waals surface area (Å²) < 4.78 is 5.34. The molecule has 134 valence electrons. The molecule has 4 rings (SSSR count). The molecule has 0 radical (unpaired) electrons. The molecule has 1 aromatic heterocycles. The zero-order valence-corrected chi connectivity index (χ0v) is 14.5. The predicted molar refractivity (Wildman–Crippen MR) is 99.2 cm³/mol. The molecule has 0 spiro atoms. The fourth-order valence-electron chi connectivity index (χ4n) is 3.23. The van der Waals surface area contributed by atoms with Gasteiger partial charge in [-0.1, -0.05) is 18.6 Å². The van der Waals surface area contributed by atoms with E-state index in [1.807, 2.05) is 18.2 Å². The number of fused-ring (bicyclic) bond motifs is 1. The normalized spacial score (nSPS) is 15.6. The number of phenols is 1. The van der Waals surface area contributed by atoms with E-state index in [1.54, 1.807) is 12.1 Å². The number of aromatic amines is 1. The Kier molecular flexibility index (Phi) is 4.34. The van der Waals surface area contributed by atoms with Gasteiger partial charge in [-0.25, -0.2) is 4.98 Å². The minimum absolute atomic E-state index is 0.149. The van der Waals surface area contributed by atoms with Gasteiger partial charge in [0.2, 0.25) is 0 Å². The van der Waals surface area contributed by atoms with Gasteiger partial charge in [-0.05, 0) is 48.7 Å². The number of aromatic nitrogens is 2. The zero-order valence-electron chi connectivity index (χ0n) is 14.5. The molecule has 26 heavy (non-hydrogen) atoms. The van der Waals surface area contributed by atoms with Crippen LogP contribution in [-0.4, -0.2) is 28.1 Å². The van der Waals surface area contributed by atoms with Crippen LogP contribution in [0.1, 0.15) is 42.7 Å². The summed E-state index contributed by atoms with van der Waals surface area (Å²) in [7, 11) is 1.49. The summed E-state index contributed by atoms with van der Waals surface area (Å²) in [5.74, 6) is 1.45. The van der Waals surface area contributed by atoms with Crippen LogP contribution in [0.15, 0.2) is 42.5 Å². The number of methoxy groups -OCH3 is 1. The lowest BCUT2D eigenvalue weighted by Crippen LogP contribution is -2.22. The third-order valence-corrected chi connectivity index (χ3v) is 4.93. The Balaban J connectivity index is 1.53. The number of aromatic hydroxyl groups is 1. The second-order valence-electron chi connectivity index (χ2n) is 6.68. The average Bonchev–Trinajstić information content (AvgIpc) is 2.98. The van der Waals surface area contributed by atoms with Gasteiger partial charge in [-0.3, -0.25) is 4.79 Å². The van der Waals surface area contributed by atoms with Crippen molar-refractivity contribution in [1.29, 1.82) is 0 Å². The molecule has 6 heteroatoms. The first kappa shape index (κ1) is 16.6. The number of hydrogen-bond donors (Lipinski definition) is 3. The number of carbonyl (C=O) groups is 1. The van der Waals surface area contributed by atoms with Crippen molar-refractivity contribution in [3.8, 4) is 5.75 Å². The maximum Gasteiger partial charge on any atom is 0.258 e. The van der Waals surface area contributed by atoms with Crippen LogP contribution in [0.3, 0.4) is 0 Å². The Bertz CT molecular complexity index is 929. The van der Waals surface area contributed by atoms with Crippen molar-refractivity contribution in [3.63, 3.8) is 0 Å². The molecule has 0 saturated heterocycles. The van der Waals surface area contributed by atoms with E-state index in [9.17, 15) is 9.90 Å². The molecule has 1 saturated carbocycles. The number of rotatable bonds is 5. The zero-order chi connectivity index (χ0) is 18.1. The number of nitrogens with zero attached hydrogens (tertiary/aromatic N) is 1. The molecule has 0 bridgehead atoms. The average molecular weight is 351 g/mol. The summed E-state index contributed by atoms with van der Waals surface area (Å²) >= 11 is 0. The van der Waals surface area contributed by atoms with Crippen molar-refractivity contribution < 1.29 is 14.6 Å². The lowest BCUT2D eigenvalue weighted by Gasteiger charge is -2.22. The van der Waals surface area contributed by atoms with Crippen molar-refractivity contribution in [2.24, 2.45) is 0 Å². The molecule has 1 aliphatic rings. The molecule has 1 unspecified atom stereocenters. The number of anilines is 1. The molecule has 1 aliphatic carbocycles. The molecular weight excluding hydrogens is 330 g/mol. The van der Waals surface area contributed by atoms with Crippen LogP contribution >= 0.6 is 0 Å². The van der Waals surface area contributed by atoms with Crippen molar-refractivity contribution in [2.45, 2.75) is 31.3 Å². The summed E-state index contributed by atoms with van der Waals surface area (Å²) in [5.41, 5.74) is 3.19. The first-order valence-electron chi connectivity index (χ1n) is 8.76. The monoisotopic (exact) mass is 351 g/mol. The number of imidazole rings is 1. The van der Waals surface area contributed by atoms with Gasteiger partial charge < -0.3 is 20.1 Å². The van der Waals surface area contributed by atoms with Gasteiger partial charge >= 0.3 is 0 Å². The fraction of sp³-hybridized carbons (Fsp3) is 0.300. The van der Waals surface area contributed by atoms with E-state index in [-0.39, 0.29) is 11.7 Å². The van der Waals surface area contributed by atoms with E-state index in [0.717, 1.165) is 16.9 Å². The van der Waals surface area contributed by atoms with E-state index in [0.29, 0.717) is 17.2 Å². The number of hydrogen-bond acceptors (Lipinski definition) is 4. The minimum atomic E-state index is -0.751. The summed E-state index contributed by atoms with van der Waals surface area (Å²) in [4.78, 5) is 20.6. The molecule has 1 amide bonds. The largest absolute Gasteiger partial charge is 0.508 e. The lowest BCUT2D eigenvalue weighted by atomic mass is 9.85. The van der Waals surface area contributed by atoms with E-state index in [4.69, 9.17) is 4.74 Å². The van der Waals surface area contributed by atoms with Gasteiger partial charge in [-0.15, -0.1) is 0 Å². The first-order valence-corrected chi connectivity index (χ1v) is 8.76. The van der Waals surface area contributed by atoms with E-state index in [2.05, 4.69) is 15.3 Å². The van der Waals surface area contributed by atoms with Crippen LogP contribution in [0.5, 0.6) is 5.75 Å². The molecule has 6 nitrogen and oxygen atoms in total. The van der Waals surface area contributed by atoms with Gasteiger partial charge in [0.25, 0.3) is 5.91 Å². The molecule has 3 aromatic rings. The quantitative estimate of drug-likeness (QED) is 0.651. The highest BCUT2D eigenvalue weighted by atomic mass is 16.5. The Morgan fingerprint density at radius 3 is 2.69 bits per heavy atom. The number of phenolic OH excluding ortho intramolecular Hbond substituents is 1. The van der Waals surface area contributed by atoms with Gasteiger partial charge in [0.1, 0.15) is 11.6 Å². The molecule has 2 aromatic carbocycles. The van der Waals surface area contributed by atoms with Crippen LogP contribution in [-0.2, 0) is 9.53 Å². The predicted octanol–water partition coefficient (Wildman–Crippen LogP) is 3.86. The Labute approximate surface area is 151 Å².